The zero-order valence-corrected chi connectivity index (χ0v) is 22.2. The molecule has 1 N–H and O–H groups in total. The Hall–Kier alpha value is -4.62. The van der Waals surface area contributed by atoms with Crippen molar-refractivity contribution in [2.45, 2.75) is 38.2 Å². The molecular weight excluding hydrogens is 506 g/mol. The minimum absolute atomic E-state index is 0.0697. The standard InChI is InChI=1S/C33H31NO6/c1-23-12-16-29(17-13-23)40-31(32(36)34-27(22-39-33(34)37)20-24-8-4-2-5-9-24)30(35)26-14-18-28(19-15-26)38-21-25-10-6-3-7-11-25/h2-19,27,30-31,35H,20-22H2,1H3/t27-,30+,31-/m0/s1. The molecule has 0 aliphatic carbocycles. The molecule has 0 unspecified atom stereocenters. The van der Waals surface area contributed by atoms with Crippen LogP contribution in [0.25, 0.3) is 0 Å². The van der Waals surface area contributed by atoms with Gasteiger partial charge < -0.3 is 19.3 Å². The first-order chi connectivity index (χ1) is 19.5. The van der Waals surface area contributed by atoms with E-state index in [2.05, 4.69) is 0 Å². The summed E-state index contributed by atoms with van der Waals surface area (Å²) in [7, 11) is 0. The van der Waals surface area contributed by atoms with Crippen molar-refractivity contribution in [3.05, 3.63) is 131 Å². The number of aliphatic hydroxyl groups excluding tert-OH is 1. The minimum Gasteiger partial charge on any atom is -0.489 e. The van der Waals surface area contributed by atoms with Crippen LogP contribution in [0.5, 0.6) is 11.5 Å². The topological polar surface area (TPSA) is 85.3 Å². The highest BCUT2D eigenvalue weighted by molar-refractivity contribution is 5.96. The largest absolute Gasteiger partial charge is 0.489 e. The summed E-state index contributed by atoms with van der Waals surface area (Å²) in [5.74, 6) is 0.354. The van der Waals surface area contributed by atoms with Gasteiger partial charge in [0.25, 0.3) is 5.91 Å². The van der Waals surface area contributed by atoms with Crippen molar-refractivity contribution in [1.82, 2.24) is 4.90 Å². The van der Waals surface area contributed by atoms with Crippen molar-refractivity contribution >= 4 is 12.0 Å². The van der Waals surface area contributed by atoms with E-state index in [4.69, 9.17) is 14.2 Å². The second-order valence-corrected chi connectivity index (χ2v) is 9.77. The molecule has 1 aliphatic rings. The molecule has 7 nitrogen and oxygen atoms in total. The van der Waals surface area contributed by atoms with E-state index < -0.39 is 30.3 Å². The van der Waals surface area contributed by atoms with Crippen LogP contribution in [0.15, 0.2) is 109 Å². The lowest BCUT2D eigenvalue weighted by Gasteiger charge is -2.28. The number of cyclic esters (lactones) is 1. The van der Waals surface area contributed by atoms with Gasteiger partial charge in [-0.3, -0.25) is 4.79 Å². The molecule has 4 aromatic carbocycles. The lowest BCUT2D eigenvalue weighted by molar-refractivity contribution is -0.142. The van der Waals surface area contributed by atoms with E-state index in [-0.39, 0.29) is 6.61 Å². The lowest BCUT2D eigenvalue weighted by Crippen LogP contribution is -2.49. The average Bonchev–Trinajstić information content (AvgIpc) is 3.35. The van der Waals surface area contributed by atoms with Gasteiger partial charge in [0, 0.05) is 0 Å². The average molecular weight is 538 g/mol. The van der Waals surface area contributed by atoms with E-state index in [1.54, 1.807) is 36.4 Å². The van der Waals surface area contributed by atoms with E-state index in [0.717, 1.165) is 21.6 Å². The van der Waals surface area contributed by atoms with Gasteiger partial charge in [0.2, 0.25) is 6.10 Å². The summed E-state index contributed by atoms with van der Waals surface area (Å²) in [6, 6.07) is 32.9. The summed E-state index contributed by atoms with van der Waals surface area (Å²) < 4.78 is 17.2. The van der Waals surface area contributed by atoms with Crippen LogP contribution in [-0.4, -0.2) is 40.8 Å². The molecule has 0 aromatic heterocycles. The van der Waals surface area contributed by atoms with Crippen LogP contribution < -0.4 is 9.47 Å². The third-order valence-corrected chi connectivity index (χ3v) is 6.80. The van der Waals surface area contributed by atoms with Crippen molar-refractivity contribution in [3.8, 4) is 11.5 Å². The molecule has 4 aromatic rings. The number of aryl methyl sites for hydroxylation is 1. The molecule has 0 spiro atoms. The number of imide groups is 1. The maximum atomic E-state index is 13.9. The van der Waals surface area contributed by atoms with E-state index in [9.17, 15) is 14.7 Å². The Morgan fingerprint density at radius 3 is 2.12 bits per heavy atom. The first-order valence-electron chi connectivity index (χ1n) is 13.2. The van der Waals surface area contributed by atoms with Gasteiger partial charge in [-0.15, -0.1) is 0 Å². The maximum Gasteiger partial charge on any atom is 0.417 e. The second kappa shape index (κ2) is 12.5. The molecule has 1 heterocycles. The molecule has 2 amide bonds. The summed E-state index contributed by atoms with van der Waals surface area (Å²) in [5, 5.41) is 11.4. The number of carbonyl (C=O) groups excluding carboxylic acids is 2. The van der Waals surface area contributed by atoms with E-state index in [1.165, 1.54) is 0 Å². The number of ether oxygens (including phenoxy) is 3. The van der Waals surface area contributed by atoms with Crippen LogP contribution in [0.1, 0.15) is 28.4 Å². The number of hydrogen-bond donors (Lipinski definition) is 1. The summed E-state index contributed by atoms with van der Waals surface area (Å²) in [6.07, 6.45) is -3.06. The Bertz CT molecular complexity index is 1410. The smallest absolute Gasteiger partial charge is 0.417 e. The Balaban J connectivity index is 1.37. The number of rotatable bonds is 10. The van der Waals surface area contributed by atoms with Gasteiger partial charge in [-0.1, -0.05) is 90.5 Å². The molecule has 0 bridgehead atoms. The van der Waals surface area contributed by atoms with Crippen molar-refractivity contribution < 1.29 is 28.9 Å². The molecule has 1 saturated heterocycles. The number of aliphatic hydroxyl groups is 1. The molecule has 0 saturated carbocycles. The highest BCUT2D eigenvalue weighted by Gasteiger charge is 2.44. The van der Waals surface area contributed by atoms with Gasteiger partial charge in [0.05, 0.1) is 6.04 Å². The predicted octanol–water partition coefficient (Wildman–Crippen LogP) is 5.65. The number of benzene rings is 4. The van der Waals surface area contributed by atoms with Gasteiger partial charge in [-0.05, 0) is 54.3 Å². The van der Waals surface area contributed by atoms with Gasteiger partial charge in [-0.2, -0.15) is 0 Å². The summed E-state index contributed by atoms with van der Waals surface area (Å²) in [5.41, 5.74) is 3.47. The number of amides is 2. The first kappa shape index (κ1) is 27.0. The van der Waals surface area contributed by atoms with Crippen LogP contribution in [0.3, 0.4) is 0 Å². The number of carbonyl (C=O) groups is 2. The SMILES string of the molecule is Cc1ccc(O[C@H](C(=O)N2C(=O)OC[C@@H]2Cc2ccccc2)[C@H](O)c2ccc(OCc3ccccc3)cc2)cc1. The van der Waals surface area contributed by atoms with Crippen LogP contribution in [0.2, 0.25) is 0 Å². The summed E-state index contributed by atoms with van der Waals surface area (Å²) >= 11 is 0. The van der Waals surface area contributed by atoms with Gasteiger partial charge in [0.1, 0.15) is 30.8 Å². The zero-order chi connectivity index (χ0) is 27.9. The fraction of sp³-hybridized carbons (Fsp3) is 0.212. The van der Waals surface area contributed by atoms with E-state index in [0.29, 0.717) is 30.1 Å². The third-order valence-electron chi connectivity index (χ3n) is 6.80. The fourth-order valence-electron chi connectivity index (χ4n) is 4.59. The molecular formula is C33H31NO6. The number of hydrogen-bond acceptors (Lipinski definition) is 6. The first-order valence-corrected chi connectivity index (χ1v) is 13.2. The number of nitrogens with zero attached hydrogens (tertiary/aromatic N) is 1. The maximum absolute atomic E-state index is 13.9. The highest BCUT2D eigenvalue weighted by atomic mass is 16.6. The quantitative estimate of drug-likeness (QED) is 0.282. The van der Waals surface area contributed by atoms with Crippen molar-refractivity contribution in [2.75, 3.05) is 6.61 Å². The van der Waals surface area contributed by atoms with Crippen molar-refractivity contribution in [1.29, 1.82) is 0 Å². The molecule has 3 atom stereocenters. The van der Waals surface area contributed by atoms with Crippen LogP contribution in [-0.2, 0) is 22.6 Å². The molecule has 0 radical (unpaired) electrons. The van der Waals surface area contributed by atoms with Gasteiger partial charge in [-0.25, -0.2) is 9.69 Å². The van der Waals surface area contributed by atoms with Gasteiger partial charge in [0.15, 0.2) is 0 Å². The van der Waals surface area contributed by atoms with Crippen LogP contribution in [0, 0.1) is 6.92 Å². The molecule has 7 heteroatoms. The highest BCUT2D eigenvalue weighted by Crippen LogP contribution is 2.28. The Labute approximate surface area is 233 Å². The van der Waals surface area contributed by atoms with E-state index >= 15 is 0 Å². The monoisotopic (exact) mass is 537 g/mol. The fourth-order valence-corrected chi connectivity index (χ4v) is 4.59. The van der Waals surface area contributed by atoms with E-state index in [1.807, 2.05) is 79.7 Å². The van der Waals surface area contributed by atoms with Crippen molar-refractivity contribution in [2.24, 2.45) is 0 Å². The predicted molar refractivity (Wildman–Crippen MR) is 150 cm³/mol. The van der Waals surface area contributed by atoms with Crippen LogP contribution >= 0.6 is 0 Å². The Morgan fingerprint density at radius 2 is 1.48 bits per heavy atom. The second-order valence-electron chi connectivity index (χ2n) is 9.77. The Kier molecular flexibility index (Phi) is 8.42. The van der Waals surface area contributed by atoms with Crippen molar-refractivity contribution in [3.63, 3.8) is 0 Å². The van der Waals surface area contributed by atoms with Gasteiger partial charge >= 0.3 is 6.09 Å². The van der Waals surface area contributed by atoms with Crippen LogP contribution in [0.4, 0.5) is 4.79 Å². The minimum atomic E-state index is -1.39. The normalized spacial score (nSPS) is 16.2. The molecule has 204 valence electrons. The molecule has 5 rings (SSSR count). The molecule has 1 fully saturated rings. The summed E-state index contributed by atoms with van der Waals surface area (Å²) in [6.45, 7) is 2.41. The molecule has 1 aliphatic heterocycles. The molecule has 40 heavy (non-hydrogen) atoms. The Morgan fingerprint density at radius 1 is 0.875 bits per heavy atom. The third kappa shape index (κ3) is 6.50. The zero-order valence-electron chi connectivity index (χ0n) is 22.2. The lowest BCUT2D eigenvalue weighted by atomic mass is 10.0. The summed E-state index contributed by atoms with van der Waals surface area (Å²) in [4.78, 5) is 27.7.